The van der Waals surface area contributed by atoms with Crippen molar-refractivity contribution in [3.8, 4) is 11.6 Å². The van der Waals surface area contributed by atoms with Crippen LogP contribution in [0, 0.1) is 6.92 Å². The van der Waals surface area contributed by atoms with Crippen LogP contribution in [0.2, 0.25) is 0 Å². The van der Waals surface area contributed by atoms with Gasteiger partial charge < -0.3 is 15.2 Å². The number of aromatic nitrogens is 2. The minimum absolute atomic E-state index is 0.0172. The van der Waals surface area contributed by atoms with Crippen LogP contribution in [-0.4, -0.2) is 26.8 Å². The number of hydrogen-bond donors (Lipinski definition) is 2. The molecule has 0 radical (unpaired) electrons. The largest absolute Gasteiger partial charge is 0.478 e. The Morgan fingerprint density at radius 2 is 1.80 bits per heavy atom. The molecule has 0 aliphatic rings. The lowest BCUT2D eigenvalue weighted by Crippen LogP contribution is -2.29. The lowest BCUT2D eigenvalue weighted by atomic mass is 10.0. The van der Waals surface area contributed by atoms with Crippen LogP contribution in [0.15, 0.2) is 29.6 Å². The van der Waals surface area contributed by atoms with Gasteiger partial charge in [0.15, 0.2) is 5.69 Å². The van der Waals surface area contributed by atoms with Crippen LogP contribution in [0.5, 0.6) is 11.6 Å². The van der Waals surface area contributed by atoms with Gasteiger partial charge >= 0.3 is 18.3 Å². The Bertz CT molecular complexity index is 1280. The molecule has 1 atom stereocenters. The number of carbonyl (C=O) groups excluding carboxylic acids is 1. The minimum Gasteiger partial charge on any atom is -0.478 e. The van der Waals surface area contributed by atoms with E-state index in [1.807, 2.05) is 0 Å². The maximum absolute atomic E-state index is 13.6. The number of halogens is 6. The highest BCUT2D eigenvalue weighted by Gasteiger charge is 2.42. The van der Waals surface area contributed by atoms with Gasteiger partial charge in [-0.15, -0.1) is 11.3 Å². The van der Waals surface area contributed by atoms with Crippen molar-refractivity contribution < 1.29 is 45.8 Å². The molecule has 0 aliphatic carbocycles. The number of hydrogen-bond acceptors (Lipinski definition) is 5. The number of aryl methyl sites for hydroxylation is 2. The Labute approximate surface area is 197 Å². The summed E-state index contributed by atoms with van der Waals surface area (Å²) in [6.07, 6.45) is -9.75. The average Bonchev–Trinajstić information content (AvgIpc) is 3.32. The zero-order valence-corrected chi connectivity index (χ0v) is 19.0. The average molecular weight is 521 g/mol. The summed E-state index contributed by atoms with van der Waals surface area (Å²) in [6, 6.07) is 3.89. The smallest absolute Gasteiger partial charge is 0.436 e. The third-order valence-electron chi connectivity index (χ3n) is 4.89. The molecular formula is C21H17F6N3O4S. The fourth-order valence-electron chi connectivity index (χ4n) is 3.21. The number of carboxylic acid groups (broad SMARTS) is 1. The van der Waals surface area contributed by atoms with Crippen LogP contribution in [-0.2, 0) is 19.4 Å². The van der Waals surface area contributed by atoms with E-state index >= 15 is 0 Å². The predicted octanol–water partition coefficient (Wildman–Crippen LogP) is 5.81. The van der Waals surface area contributed by atoms with Crippen LogP contribution >= 0.6 is 11.3 Å². The van der Waals surface area contributed by atoms with Crippen molar-refractivity contribution in [3.05, 3.63) is 62.5 Å². The fourth-order valence-corrected chi connectivity index (χ4v) is 3.89. The third-order valence-corrected chi connectivity index (χ3v) is 5.84. The molecule has 188 valence electrons. The number of carbonyl (C=O) groups is 2. The van der Waals surface area contributed by atoms with E-state index in [0.717, 1.165) is 12.4 Å². The summed E-state index contributed by atoms with van der Waals surface area (Å²) >= 11 is 0.276. The van der Waals surface area contributed by atoms with Gasteiger partial charge in [0.1, 0.15) is 16.2 Å². The molecule has 0 spiro atoms. The van der Waals surface area contributed by atoms with Crippen LogP contribution < -0.4 is 10.1 Å². The predicted molar refractivity (Wildman–Crippen MR) is 112 cm³/mol. The zero-order valence-electron chi connectivity index (χ0n) is 18.2. The normalized spacial score (nSPS) is 12.9. The van der Waals surface area contributed by atoms with E-state index in [2.05, 4.69) is 10.4 Å². The van der Waals surface area contributed by atoms with Gasteiger partial charge in [0, 0.05) is 18.5 Å². The lowest BCUT2D eigenvalue weighted by molar-refractivity contribution is -0.141. The fraction of sp³-hybridized carbons (Fsp3) is 0.286. The van der Waals surface area contributed by atoms with Crippen LogP contribution in [0.4, 0.5) is 26.3 Å². The van der Waals surface area contributed by atoms with E-state index in [1.165, 1.54) is 32.0 Å². The number of ether oxygens (including phenoxy) is 1. The maximum Gasteiger partial charge on any atom is 0.436 e. The first-order chi connectivity index (χ1) is 16.1. The van der Waals surface area contributed by atoms with Crippen molar-refractivity contribution in [3.63, 3.8) is 0 Å². The Balaban J connectivity index is 1.96. The number of rotatable bonds is 6. The van der Waals surface area contributed by atoms with Crippen LogP contribution in [0.3, 0.4) is 0 Å². The Morgan fingerprint density at radius 1 is 1.14 bits per heavy atom. The summed E-state index contributed by atoms with van der Waals surface area (Å²) in [6.45, 7) is 2.98. The van der Waals surface area contributed by atoms with Crippen LogP contribution in [0.1, 0.15) is 55.4 Å². The number of nitrogens with zero attached hydrogens (tertiary/aromatic N) is 2. The van der Waals surface area contributed by atoms with Crippen molar-refractivity contribution in [2.75, 3.05) is 0 Å². The summed E-state index contributed by atoms with van der Waals surface area (Å²) in [4.78, 5) is 23.1. The number of aromatic carboxylic acids is 1. The number of alkyl halides is 6. The Kier molecular flexibility index (Phi) is 6.88. The highest BCUT2D eigenvalue weighted by atomic mass is 32.1. The third kappa shape index (κ3) is 5.58. The zero-order chi connectivity index (χ0) is 26.3. The van der Waals surface area contributed by atoms with Gasteiger partial charge in [-0.05, 0) is 31.0 Å². The van der Waals surface area contributed by atoms with E-state index in [4.69, 9.17) is 9.84 Å². The van der Waals surface area contributed by atoms with Crippen molar-refractivity contribution in [2.24, 2.45) is 7.05 Å². The molecule has 2 aromatic heterocycles. The van der Waals surface area contributed by atoms with E-state index in [1.54, 1.807) is 0 Å². The van der Waals surface area contributed by atoms with Crippen molar-refractivity contribution in [2.45, 2.75) is 32.2 Å². The van der Waals surface area contributed by atoms with E-state index in [-0.39, 0.29) is 16.9 Å². The highest BCUT2D eigenvalue weighted by Crippen LogP contribution is 2.41. The molecule has 2 heterocycles. The lowest BCUT2D eigenvalue weighted by Gasteiger charge is -2.17. The molecule has 0 saturated heterocycles. The number of benzene rings is 1. The molecule has 2 N–H and O–H groups in total. The van der Waals surface area contributed by atoms with Gasteiger partial charge in [-0.25, -0.2) is 9.48 Å². The second-order valence-electron chi connectivity index (χ2n) is 7.47. The molecule has 0 aliphatic heterocycles. The van der Waals surface area contributed by atoms with E-state index in [0.29, 0.717) is 21.9 Å². The number of nitrogens with one attached hydrogen (secondary N) is 1. The topological polar surface area (TPSA) is 93.5 Å². The summed E-state index contributed by atoms with van der Waals surface area (Å²) < 4.78 is 85.4. The summed E-state index contributed by atoms with van der Waals surface area (Å²) in [5, 5.41) is 15.8. The van der Waals surface area contributed by atoms with Gasteiger partial charge in [0.2, 0.25) is 5.88 Å². The standard InChI is InChI=1S/C21H17F6N3O4S/c1-9-6-11(4-5-13(9)19(32)33)10(2)28-17(31)15-16(21(25,26)27)29-30(3)18(15)34-12-7-14(35-8-12)20(22,23)24/h4-8,10H,1-3H3,(H,28,31)(H,32,33). The first kappa shape index (κ1) is 26.1. The number of thiophene rings is 1. The van der Waals surface area contributed by atoms with Gasteiger partial charge in [-0.3, -0.25) is 4.79 Å². The maximum atomic E-state index is 13.6. The SMILES string of the molecule is Cc1cc(C(C)NC(=O)c2c(C(F)(F)F)nn(C)c2Oc2csc(C(F)(F)F)c2)ccc1C(=O)O. The molecule has 7 nitrogen and oxygen atoms in total. The van der Waals surface area contributed by atoms with E-state index in [9.17, 15) is 35.9 Å². The molecule has 0 fully saturated rings. The number of carboxylic acids is 1. The molecule has 0 saturated carbocycles. The summed E-state index contributed by atoms with van der Waals surface area (Å²) in [5.74, 6) is -3.52. The van der Waals surface area contributed by atoms with Gasteiger partial charge in [0.05, 0.1) is 11.6 Å². The van der Waals surface area contributed by atoms with Crippen molar-refractivity contribution >= 4 is 23.2 Å². The molecule has 3 aromatic rings. The van der Waals surface area contributed by atoms with Crippen molar-refractivity contribution in [1.82, 2.24) is 15.1 Å². The first-order valence-electron chi connectivity index (χ1n) is 9.72. The van der Waals surface area contributed by atoms with Gasteiger partial charge in [-0.1, -0.05) is 12.1 Å². The highest BCUT2D eigenvalue weighted by molar-refractivity contribution is 7.10. The second-order valence-corrected chi connectivity index (χ2v) is 8.38. The quantitative estimate of drug-likeness (QED) is 0.400. The molecule has 1 amide bonds. The summed E-state index contributed by atoms with van der Waals surface area (Å²) in [5.41, 5.74) is -1.79. The molecule has 1 aromatic carbocycles. The van der Waals surface area contributed by atoms with E-state index < -0.39 is 58.0 Å². The molecule has 3 rings (SSSR count). The number of amides is 1. The first-order valence-corrected chi connectivity index (χ1v) is 10.6. The molecule has 0 bridgehead atoms. The monoisotopic (exact) mass is 521 g/mol. The second kappa shape index (κ2) is 9.24. The Hall–Kier alpha value is -3.55. The van der Waals surface area contributed by atoms with Gasteiger partial charge in [-0.2, -0.15) is 31.4 Å². The molecular weight excluding hydrogens is 504 g/mol. The minimum atomic E-state index is -5.07. The van der Waals surface area contributed by atoms with Gasteiger partial charge in [0.25, 0.3) is 5.91 Å². The molecule has 35 heavy (non-hydrogen) atoms. The molecule has 1 unspecified atom stereocenters. The summed E-state index contributed by atoms with van der Waals surface area (Å²) in [7, 11) is 1.05. The van der Waals surface area contributed by atoms with Crippen molar-refractivity contribution in [1.29, 1.82) is 0 Å². The Morgan fingerprint density at radius 3 is 2.31 bits per heavy atom. The van der Waals surface area contributed by atoms with Crippen LogP contribution in [0.25, 0.3) is 0 Å². The molecule has 14 heteroatoms.